The van der Waals surface area contributed by atoms with Gasteiger partial charge in [-0.2, -0.15) is 0 Å². The molecule has 180 valence electrons. The van der Waals surface area contributed by atoms with Gasteiger partial charge in [0.1, 0.15) is 17.3 Å². The van der Waals surface area contributed by atoms with Crippen molar-refractivity contribution < 1.29 is 37.7 Å². The number of alkyl halides is 3. The lowest BCUT2D eigenvalue weighted by Gasteiger charge is -2.26. The number of hydrogen-bond donors (Lipinski definition) is 2. The number of ketones is 1. The number of phenolic OH excluding ortho intramolecular Hbond substituents is 1. The van der Waals surface area contributed by atoms with Crippen molar-refractivity contribution in [3.8, 4) is 11.5 Å². The Balaban J connectivity index is 1.88. The average molecular weight is 483 g/mol. The highest BCUT2D eigenvalue weighted by Crippen LogP contribution is 2.43. The van der Waals surface area contributed by atoms with Crippen molar-refractivity contribution in [2.24, 2.45) is 0 Å². The fourth-order valence-electron chi connectivity index (χ4n) is 3.96. The summed E-state index contributed by atoms with van der Waals surface area (Å²) in [5.41, 5.74) is 1.40. The van der Waals surface area contributed by atoms with Gasteiger partial charge in [0.2, 0.25) is 0 Å². The number of carbonyl (C=O) groups is 2. The van der Waals surface area contributed by atoms with E-state index in [2.05, 4.69) is 4.74 Å². The number of aryl methyl sites for hydroxylation is 1. The summed E-state index contributed by atoms with van der Waals surface area (Å²) in [5.74, 6) is -3.09. The number of amides is 1. The molecule has 2 N–H and O–H groups in total. The zero-order valence-corrected chi connectivity index (χ0v) is 18.4. The molecular formula is C26H20F3NO5. The molecule has 1 aliphatic heterocycles. The van der Waals surface area contributed by atoms with E-state index < -0.39 is 35.6 Å². The Morgan fingerprint density at radius 3 is 2.26 bits per heavy atom. The van der Waals surface area contributed by atoms with Crippen molar-refractivity contribution in [3.05, 3.63) is 95.1 Å². The molecule has 0 saturated carbocycles. The first-order chi connectivity index (χ1) is 16.6. The van der Waals surface area contributed by atoms with Crippen LogP contribution in [0.5, 0.6) is 11.5 Å². The minimum atomic E-state index is -4.95. The molecule has 3 aromatic rings. The van der Waals surface area contributed by atoms with Gasteiger partial charge in [0.05, 0.1) is 11.6 Å². The molecule has 4 rings (SSSR count). The lowest BCUT2D eigenvalue weighted by atomic mass is 9.94. The van der Waals surface area contributed by atoms with Crippen LogP contribution in [-0.2, 0) is 16.0 Å². The standard InChI is InChI=1S/C26H20F3NO5/c1-2-15-6-8-17(9-7-15)23(32)21-22(16-10-12-19(31)13-11-16)30(25(34)24(21)33)18-4-3-5-20(14-18)35-26(27,28)29/h3-14,22,31-32H,2H2,1H3/b23-21+. The van der Waals surface area contributed by atoms with Crippen LogP contribution in [0.25, 0.3) is 5.76 Å². The zero-order valence-electron chi connectivity index (χ0n) is 18.4. The Bertz CT molecular complexity index is 1300. The predicted molar refractivity (Wildman–Crippen MR) is 122 cm³/mol. The number of nitrogens with zero attached hydrogens (tertiary/aromatic N) is 1. The Morgan fingerprint density at radius 1 is 1.00 bits per heavy atom. The van der Waals surface area contributed by atoms with E-state index in [4.69, 9.17) is 0 Å². The lowest BCUT2D eigenvalue weighted by molar-refractivity contribution is -0.274. The zero-order chi connectivity index (χ0) is 25.3. The molecule has 1 saturated heterocycles. The molecule has 1 heterocycles. The number of Topliss-reactive ketones (excluding diaryl/α,β-unsaturated/α-hetero) is 1. The summed E-state index contributed by atoms with van der Waals surface area (Å²) in [4.78, 5) is 27.2. The largest absolute Gasteiger partial charge is 0.573 e. The van der Waals surface area contributed by atoms with E-state index in [1.54, 1.807) is 24.3 Å². The highest BCUT2D eigenvalue weighted by atomic mass is 19.4. The van der Waals surface area contributed by atoms with Gasteiger partial charge in [-0.1, -0.05) is 49.4 Å². The molecule has 0 aromatic heterocycles. The van der Waals surface area contributed by atoms with E-state index in [9.17, 15) is 33.0 Å². The molecule has 1 aliphatic rings. The van der Waals surface area contributed by atoms with E-state index in [0.717, 1.165) is 29.0 Å². The first-order valence-electron chi connectivity index (χ1n) is 10.6. The molecule has 0 aliphatic carbocycles. The number of phenols is 1. The van der Waals surface area contributed by atoms with E-state index in [0.29, 0.717) is 11.1 Å². The van der Waals surface area contributed by atoms with Crippen molar-refractivity contribution in [2.75, 3.05) is 4.90 Å². The Kier molecular flexibility index (Phi) is 6.26. The second kappa shape index (κ2) is 9.17. The lowest BCUT2D eigenvalue weighted by Crippen LogP contribution is -2.29. The second-order valence-corrected chi connectivity index (χ2v) is 7.86. The normalized spacial score (nSPS) is 17.6. The van der Waals surface area contributed by atoms with Crippen molar-refractivity contribution in [2.45, 2.75) is 25.7 Å². The molecule has 35 heavy (non-hydrogen) atoms. The molecular weight excluding hydrogens is 463 g/mol. The van der Waals surface area contributed by atoms with Crippen molar-refractivity contribution in [3.63, 3.8) is 0 Å². The van der Waals surface area contributed by atoms with Crippen LogP contribution in [0.2, 0.25) is 0 Å². The maximum Gasteiger partial charge on any atom is 0.573 e. The van der Waals surface area contributed by atoms with Gasteiger partial charge in [-0.25, -0.2) is 0 Å². The number of ether oxygens (including phenoxy) is 1. The fraction of sp³-hybridized carbons (Fsp3) is 0.154. The quantitative estimate of drug-likeness (QED) is 0.285. The fourth-order valence-corrected chi connectivity index (χ4v) is 3.96. The second-order valence-electron chi connectivity index (χ2n) is 7.86. The molecule has 1 amide bonds. The number of hydrogen-bond acceptors (Lipinski definition) is 5. The summed E-state index contributed by atoms with van der Waals surface area (Å²) in [7, 11) is 0. The van der Waals surface area contributed by atoms with Crippen molar-refractivity contribution in [1.82, 2.24) is 0 Å². The van der Waals surface area contributed by atoms with Crippen LogP contribution in [0.4, 0.5) is 18.9 Å². The summed E-state index contributed by atoms with van der Waals surface area (Å²) in [6.45, 7) is 1.96. The van der Waals surface area contributed by atoms with Crippen LogP contribution in [0.15, 0.2) is 78.4 Å². The third kappa shape index (κ3) is 4.84. The van der Waals surface area contributed by atoms with Crippen LogP contribution in [0.3, 0.4) is 0 Å². The van der Waals surface area contributed by atoms with Gasteiger partial charge in [0, 0.05) is 17.3 Å². The maximum absolute atomic E-state index is 13.1. The van der Waals surface area contributed by atoms with E-state index >= 15 is 0 Å². The summed E-state index contributed by atoms with van der Waals surface area (Å²) in [6, 6.07) is 15.9. The molecule has 0 radical (unpaired) electrons. The maximum atomic E-state index is 13.1. The molecule has 3 aromatic carbocycles. The third-order valence-electron chi connectivity index (χ3n) is 5.62. The molecule has 1 fully saturated rings. The first-order valence-corrected chi connectivity index (χ1v) is 10.6. The summed E-state index contributed by atoms with van der Waals surface area (Å²) in [6.07, 6.45) is -4.19. The van der Waals surface area contributed by atoms with Crippen LogP contribution in [0.1, 0.15) is 29.7 Å². The predicted octanol–water partition coefficient (Wildman–Crippen LogP) is 5.48. The number of aromatic hydroxyl groups is 1. The monoisotopic (exact) mass is 483 g/mol. The molecule has 6 nitrogen and oxygen atoms in total. The summed E-state index contributed by atoms with van der Waals surface area (Å²) < 4.78 is 42.2. The minimum absolute atomic E-state index is 0.0349. The van der Waals surface area contributed by atoms with Gasteiger partial charge in [-0.15, -0.1) is 13.2 Å². The van der Waals surface area contributed by atoms with Gasteiger partial charge in [-0.05, 0) is 41.8 Å². The molecule has 1 atom stereocenters. The van der Waals surface area contributed by atoms with Crippen LogP contribution < -0.4 is 9.64 Å². The number of halogens is 3. The SMILES string of the molecule is CCc1ccc(/C(O)=C2\C(=O)C(=O)N(c3cccc(OC(F)(F)F)c3)C2c2ccc(O)cc2)cc1. The number of anilines is 1. The van der Waals surface area contributed by atoms with Gasteiger partial charge in [0.15, 0.2) is 0 Å². The number of aliphatic hydroxyl groups is 1. The topological polar surface area (TPSA) is 87.1 Å². The highest BCUT2D eigenvalue weighted by Gasteiger charge is 2.47. The number of benzene rings is 3. The van der Waals surface area contributed by atoms with Gasteiger partial charge < -0.3 is 14.9 Å². The average Bonchev–Trinajstić information content (AvgIpc) is 3.08. The van der Waals surface area contributed by atoms with Gasteiger partial charge >= 0.3 is 6.36 Å². The van der Waals surface area contributed by atoms with E-state index in [-0.39, 0.29) is 17.0 Å². The molecule has 9 heteroatoms. The Hall–Kier alpha value is -4.27. The molecule has 1 unspecified atom stereocenters. The number of rotatable bonds is 5. The van der Waals surface area contributed by atoms with E-state index in [1.807, 2.05) is 6.92 Å². The van der Waals surface area contributed by atoms with Crippen LogP contribution in [-0.4, -0.2) is 28.3 Å². The van der Waals surface area contributed by atoms with Crippen LogP contribution >= 0.6 is 0 Å². The molecule has 0 spiro atoms. The number of carbonyl (C=O) groups excluding carboxylic acids is 2. The Labute approximate surface area is 198 Å². The van der Waals surface area contributed by atoms with Gasteiger partial charge in [0.25, 0.3) is 11.7 Å². The third-order valence-corrected chi connectivity index (χ3v) is 5.62. The van der Waals surface area contributed by atoms with E-state index in [1.165, 1.54) is 36.4 Å². The first kappa shape index (κ1) is 23.9. The smallest absolute Gasteiger partial charge is 0.508 e. The number of aliphatic hydroxyl groups excluding tert-OH is 1. The Morgan fingerprint density at radius 2 is 1.66 bits per heavy atom. The highest BCUT2D eigenvalue weighted by molar-refractivity contribution is 6.51. The summed E-state index contributed by atoms with van der Waals surface area (Å²) >= 11 is 0. The van der Waals surface area contributed by atoms with Crippen molar-refractivity contribution >= 4 is 23.1 Å². The van der Waals surface area contributed by atoms with Crippen LogP contribution in [0, 0.1) is 0 Å². The minimum Gasteiger partial charge on any atom is -0.508 e. The van der Waals surface area contributed by atoms with Crippen molar-refractivity contribution in [1.29, 1.82) is 0 Å². The summed E-state index contributed by atoms with van der Waals surface area (Å²) in [5, 5.41) is 20.8. The van der Waals surface area contributed by atoms with Gasteiger partial charge in [-0.3, -0.25) is 14.5 Å². The molecule has 0 bridgehead atoms.